The number of sulfonamides is 1. The SMILES string of the molecule is CC(C)(C)NS(=O)(=O)c1cc[c]([Ge]([CH3])([CH3])[CH3])cc1. The topological polar surface area (TPSA) is 46.2 Å². The molecule has 102 valence electrons. The molecule has 0 atom stereocenters. The van der Waals surface area contributed by atoms with E-state index >= 15 is 0 Å². The van der Waals surface area contributed by atoms with Crippen molar-refractivity contribution in [2.75, 3.05) is 0 Å². The average Bonchev–Trinajstić information content (AvgIpc) is 2.13. The fourth-order valence-corrected chi connectivity index (χ4v) is 5.46. The summed E-state index contributed by atoms with van der Waals surface area (Å²) in [6.45, 7) is 5.51. The second-order valence-electron chi connectivity index (χ2n) is 6.63. The Labute approximate surface area is 113 Å². The first-order valence-electron chi connectivity index (χ1n) is 6.06. The molecule has 1 aromatic carbocycles. The molecule has 0 radical (unpaired) electrons. The molecular weight excluding hydrogens is 307 g/mol. The second-order valence-corrected chi connectivity index (χ2v) is 19.0. The predicted molar refractivity (Wildman–Crippen MR) is 79.5 cm³/mol. The summed E-state index contributed by atoms with van der Waals surface area (Å²) in [6.07, 6.45) is 0. The van der Waals surface area contributed by atoms with Gasteiger partial charge in [-0.2, -0.15) is 0 Å². The minimum atomic E-state index is -3.41. The molecule has 1 rings (SSSR count). The van der Waals surface area contributed by atoms with E-state index in [0.29, 0.717) is 4.90 Å². The molecule has 0 aliphatic rings. The monoisotopic (exact) mass is 331 g/mol. The van der Waals surface area contributed by atoms with E-state index in [1.54, 1.807) is 12.1 Å². The summed E-state index contributed by atoms with van der Waals surface area (Å²) in [5.41, 5.74) is -0.459. The third kappa shape index (κ3) is 4.41. The van der Waals surface area contributed by atoms with Gasteiger partial charge in [0.15, 0.2) is 0 Å². The summed E-state index contributed by atoms with van der Waals surface area (Å²) >= 11 is -1.87. The molecule has 0 saturated heterocycles. The number of nitrogens with one attached hydrogen (secondary N) is 1. The Hall–Kier alpha value is -0.327. The van der Waals surface area contributed by atoms with Gasteiger partial charge in [-0.05, 0) is 0 Å². The zero-order valence-electron chi connectivity index (χ0n) is 12.0. The molecule has 0 spiro atoms. The summed E-state index contributed by atoms with van der Waals surface area (Å²) in [5, 5.41) is 0. The zero-order valence-corrected chi connectivity index (χ0v) is 14.9. The normalized spacial score (nSPS) is 13.7. The van der Waals surface area contributed by atoms with Crippen LogP contribution in [0.5, 0.6) is 0 Å². The molecular formula is C13H23GeNO2S. The Balaban J connectivity index is 3.06. The van der Waals surface area contributed by atoms with Crippen molar-refractivity contribution in [2.24, 2.45) is 0 Å². The first-order chi connectivity index (χ1) is 7.92. The Kier molecular flexibility index (Phi) is 4.35. The van der Waals surface area contributed by atoms with Gasteiger partial charge in [0.1, 0.15) is 0 Å². The van der Waals surface area contributed by atoms with Gasteiger partial charge in [0.25, 0.3) is 0 Å². The van der Waals surface area contributed by atoms with Gasteiger partial charge >= 0.3 is 114 Å². The van der Waals surface area contributed by atoms with E-state index in [1.807, 2.05) is 32.9 Å². The van der Waals surface area contributed by atoms with Crippen molar-refractivity contribution in [2.45, 2.75) is 48.5 Å². The third-order valence-corrected chi connectivity index (χ3v) is 8.58. The summed E-state index contributed by atoms with van der Waals surface area (Å²) < 4.78 is 28.2. The maximum atomic E-state index is 12.1. The van der Waals surface area contributed by atoms with Crippen LogP contribution in [-0.2, 0) is 10.0 Å². The molecule has 0 bridgehead atoms. The number of hydrogen-bond acceptors (Lipinski definition) is 2. The van der Waals surface area contributed by atoms with Crippen LogP contribution in [-0.4, -0.2) is 27.2 Å². The van der Waals surface area contributed by atoms with E-state index in [9.17, 15) is 8.42 Å². The minimum absolute atomic E-state index is 0.341. The fraction of sp³-hybridized carbons (Fsp3) is 0.538. The van der Waals surface area contributed by atoms with Crippen LogP contribution in [0, 0.1) is 0 Å². The van der Waals surface area contributed by atoms with Crippen LogP contribution in [0.2, 0.25) is 17.3 Å². The summed E-state index contributed by atoms with van der Waals surface area (Å²) in [7, 11) is -3.41. The standard InChI is InChI=1S/C13H23GeNO2S/c1-13(2,3)15-18(16,17)12-9-7-11(8-10-12)14(4,5)6/h7-10,15H,1-6H3. The average molecular weight is 330 g/mol. The van der Waals surface area contributed by atoms with Crippen molar-refractivity contribution in [3.8, 4) is 0 Å². The van der Waals surface area contributed by atoms with Gasteiger partial charge in [0.2, 0.25) is 0 Å². The van der Waals surface area contributed by atoms with Crippen LogP contribution < -0.4 is 9.12 Å². The van der Waals surface area contributed by atoms with Crippen LogP contribution in [0.25, 0.3) is 0 Å². The molecule has 0 heterocycles. The molecule has 0 aliphatic heterocycles. The molecule has 1 aromatic rings. The van der Waals surface area contributed by atoms with E-state index < -0.39 is 28.8 Å². The molecule has 0 fully saturated rings. The Morgan fingerprint density at radius 3 is 1.78 bits per heavy atom. The van der Waals surface area contributed by atoms with E-state index in [0.717, 1.165) is 0 Å². The van der Waals surface area contributed by atoms with Gasteiger partial charge in [0.05, 0.1) is 0 Å². The molecule has 0 aromatic heterocycles. The van der Waals surface area contributed by atoms with Crippen molar-refractivity contribution >= 4 is 27.7 Å². The second kappa shape index (κ2) is 4.98. The van der Waals surface area contributed by atoms with Crippen LogP contribution in [0.3, 0.4) is 0 Å². The van der Waals surface area contributed by atoms with E-state index in [-0.39, 0.29) is 0 Å². The van der Waals surface area contributed by atoms with Crippen molar-refractivity contribution in [1.82, 2.24) is 4.72 Å². The molecule has 5 heteroatoms. The quantitative estimate of drug-likeness (QED) is 0.865. The summed E-state index contributed by atoms with van der Waals surface area (Å²) in [6, 6.07) is 7.33. The molecule has 0 amide bonds. The van der Waals surface area contributed by atoms with Gasteiger partial charge in [-0.3, -0.25) is 0 Å². The van der Waals surface area contributed by atoms with Gasteiger partial charge in [-0.15, -0.1) is 0 Å². The van der Waals surface area contributed by atoms with Crippen molar-refractivity contribution in [3.63, 3.8) is 0 Å². The Bertz CT molecular complexity index is 507. The van der Waals surface area contributed by atoms with Crippen LogP contribution in [0.15, 0.2) is 29.2 Å². The van der Waals surface area contributed by atoms with Gasteiger partial charge < -0.3 is 0 Å². The number of benzene rings is 1. The van der Waals surface area contributed by atoms with Gasteiger partial charge in [-0.25, -0.2) is 0 Å². The molecule has 0 aliphatic carbocycles. The zero-order chi connectivity index (χ0) is 14.2. The Morgan fingerprint density at radius 1 is 1.00 bits per heavy atom. The summed E-state index contributed by atoms with van der Waals surface area (Å²) in [4.78, 5) is 0.341. The van der Waals surface area contributed by atoms with Gasteiger partial charge in [0, 0.05) is 0 Å². The predicted octanol–water partition coefficient (Wildman–Crippen LogP) is 2.31. The molecule has 0 saturated carbocycles. The molecule has 1 N–H and O–H groups in total. The van der Waals surface area contributed by atoms with Crippen molar-refractivity contribution in [3.05, 3.63) is 24.3 Å². The van der Waals surface area contributed by atoms with E-state index in [4.69, 9.17) is 0 Å². The molecule has 3 nitrogen and oxygen atoms in total. The Morgan fingerprint density at radius 2 is 1.44 bits per heavy atom. The van der Waals surface area contributed by atoms with Crippen molar-refractivity contribution in [1.29, 1.82) is 0 Å². The third-order valence-electron chi connectivity index (χ3n) is 2.47. The number of hydrogen-bond donors (Lipinski definition) is 1. The van der Waals surface area contributed by atoms with E-state index in [1.165, 1.54) is 4.40 Å². The molecule has 18 heavy (non-hydrogen) atoms. The van der Waals surface area contributed by atoms with Gasteiger partial charge in [-0.1, -0.05) is 0 Å². The maximum absolute atomic E-state index is 12.1. The number of rotatable bonds is 3. The van der Waals surface area contributed by atoms with Crippen molar-refractivity contribution < 1.29 is 8.42 Å². The first kappa shape index (κ1) is 15.7. The first-order valence-corrected chi connectivity index (χ1v) is 14.9. The van der Waals surface area contributed by atoms with Crippen LogP contribution in [0.1, 0.15) is 20.8 Å². The van der Waals surface area contributed by atoms with Crippen LogP contribution in [0.4, 0.5) is 0 Å². The summed E-state index contributed by atoms with van der Waals surface area (Å²) in [5.74, 6) is 6.87. The van der Waals surface area contributed by atoms with E-state index in [2.05, 4.69) is 22.0 Å². The molecule has 0 unspecified atom stereocenters. The fourth-order valence-electron chi connectivity index (χ4n) is 1.60. The van der Waals surface area contributed by atoms with Crippen LogP contribution >= 0.6 is 0 Å².